The molecule has 0 aliphatic heterocycles. The zero-order valence-corrected chi connectivity index (χ0v) is 13.8. The van der Waals surface area contributed by atoms with Gasteiger partial charge in [-0.2, -0.15) is 0 Å². The molecule has 0 heterocycles. The van der Waals surface area contributed by atoms with E-state index < -0.39 is 9.84 Å². The molecule has 1 aromatic carbocycles. The summed E-state index contributed by atoms with van der Waals surface area (Å²) >= 11 is 3.25. The first-order chi connectivity index (χ1) is 9.36. The van der Waals surface area contributed by atoms with Gasteiger partial charge in [0.25, 0.3) is 0 Å². The van der Waals surface area contributed by atoms with E-state index in [4.69, 9.17) is 5.73 Å². The van der Waals surface area contributed by atoms with E-state index in [-0.39, 0.29) is 23.0 Å². The van der Waals surface area contributed by atoms with Gasteiger partial charge in [0.2, 0.25) is 5.91 Å². The van der Waals surface area contributed by atoms with Crippen LogP contribution in [0.25, 0.3) is 0 Å². The zero-order valence-electron chi connectivity index (χ0n) is 11.4. The molecule has 1 amide bonds. The maximum Gasteiger partial charge on any atom is 0.223 e. The van der Waals surface area contributed by atoms with Crippen LogP contribution in [0.3, 0.4) is 0 Å². The van der Waals surface area contributed by atoms with Crippen molar-refractivity contribution in [3.05, 3.63) is 28.7 Å². The summed E-state index contributed by atoms with van der Waals surface area (Å²) < 4.78 is 25.0. The Morgan fingerprint density at radius 1 is 1.30 bits per heavy atom. The Morgan fingerprint density at radius 2 is 1.90 bits per heavy atom. The lowest BCUT2D eigenvalue weighted by atomic mass is 10.3. The first-order valence-electron chi connectivity index (χ1n) is 6.29. The molecule has 2 N–H and O–H groups in total. The van der Waals surface area contributed by atoms with Crippen molar-refractivity contribution in [3.8, 4) is 0 Å². The summed E-state index contributed by atoms with van der Waals surface area (Å²) in [7, 11) is -1.76. The Hall–Kier alpha value is -0.920. The standard InChI is InChI=1S/C13H19BrN2O3S/c1-16(9-2-8-15)13(17)7-10-20(18,19)12-5-3-11(14)4-6-12/h3-6H,2,7-10,15H2,1H3. The normalized spacial score (nSPS) is 11.3. The molecule has 0 aromatic heterocycles. The van der Waals surface area contributed by atoms with Crippen LogP contribution in [0.2, 0.25) is 0 Å². The minimum Gasteiger partial charge on any atom is -0.346 e. The maximum absolute atomic E-state index is 12.1. The molecule has 1 aromatic rings. The van der Waals surface area contributed by atoms with Crippen LogP contribution < -0.4 is 5.73 Å². The number of hydrogen-bond donors (Lipinski definition) is 1. The summed E-state index contributed by atoms with van der Waals surface area (Å²) in [5, 5.41) is 0. The third kappa shape index (κ3) is 5.22. The minimum atomic E-state index is -3.42. The van der Waals surface area contributed by atoms with Crippen molar-refractivity contribution >= 4 is 31.7 Å². The Bertz CT molecular complexity index is 543. The zero-order chi connectivity index (χ0) is 15.2. The molecule has 112 valence electrons. The number of sulfone groups is 1. The van der Waals surface area contributed by atoms with Crippen molar-refractivity contribution in [1.29, 1.82) is 0 Å². The van der Waals surface area contributed by atoms with Gasteiger partial charge in [0.05, 0.1) is 10.6 Å². The molecule has 0 spiro atoms. The molecule has 7 heteroatoms. The van der Waals surface area contributed by atoms with Gasteiger partial charge in [0.1, 0.15) is 0 Å². The molecule has 0 aliphatic carbocycles. The highest BCUT2D eigenvalue weighted by atomic mass is 79.9. The summed E-state index contributed by atoms with van der Waals surface area (Å²) in [6.07, 6.45) is 0.696. The summed E-state index contributed by atoms with van der Waals surface area (Å²) in [6.45, 7) is 1.06. The number of benzene rings is 1. The third-order valence-corrected chi connectivity index (χ3v) is 5.14. The van der Waals surface area contributed by atoms with E-state index in [9.17, 15) is 13.2 Å². The van der Waals surface area contributed by atoms with Crippen molar-refractivity contribution < 1.29 is 13.2 Å². The molecule has 0 radical (unpaired) electrons. The molecule has 0 unspecified atom stereocenters. The fourth-order valence-corrected chi connectivity index (χ4v) is 3.12. The molecule has 5 nitrogen and oxygen atoms in total. The predicted octanol–water partition coefficient (Wildman–Crippen LogP) is 1.42. The fraction of sp³-hybridized carbons (Fsp3) is 0.462. The van der Waals surface area contributed by atoms with Gasteiger partial charge in [0, 0.05) is 24.5 Å². The number of amides is 1. The van der Waals surface area contributed by atoms with Crippen LogP contribution in [0.1, 0.15) is 12.8 Å². The van der Waals surface area contributed by atoms with Crippen LogP contribution >= 0.6 is 15.9 Å². The van der Waals surface area contributed by atoms with Crippen molar-refractivity contribution in [1.82, 2.24) is 4.90 Å². The van der Waals surface area contributed by atoms with Gasteiger partial charge in [0.15, 0.2) is 9.84 Å². The van der Waals surface area contributed by atoms with Crippen LogP contribution in [0.5, 0.6) is 0 Å². The topological polar surface area (TPSA) is 80.5 Å². The van der Waals surface area contributed by atoms with Gasteiger partial charge in [-0.15, -0.1) is 0 Å². The van der Waals surface area contributed by atoms with Crippen LogP contribution in [0.4, 0.5) is 0 Å². The molecule has 0 atom stereocenters. The summed E-state index contributed by atoms with van der Waals surface area (Å²) in [6, 6.07) is 6.40. The number of carbonyl (C=O) groups excluding carboxylic acids is 1. The van der Waals surface area contributed by atoms with E-state index in [1.54, 1.807) is 19.2 Å². The Morgan fingerprint density at radius 3 is 2.45 bits per heavy atom. The van der Waals surface area contributed by atoms with Gasteiger partial charge in [-0.3, -0.25) is 4.79 Å². The van der Waals surface area contributed by atoms with E-state index in [0.717, 1.165) is 4.47 Å². The Balaban J connectivity index is 2.59. The van der Waals surface area contributed by atoms with Gasteiger partial charge < -0.3 is 10.6 Å². The number of halogens is 1. The van der Waals surface area contributed by atoms with E-state index in [1.165, 1.54) is 17.0 Å². The Kier molecular flexibility index (Phi) is 6.64. The summed E-state index contributed by atoms with van der Waals surface area (Å²) in [5.74, 6) is -0.361. The van der Waals surface area contributed by atoms with Crippen molar-refractivity contribution in [2.45, 2.75) is 17.7 Å². The van der Waals surface area contributed by atoms with Crippen molar-refractivity contribution in [3.63, 3.8) is 0 Å². The maximum atomic E-state index is 12.1. The number of hydrogen-bond acceptors (Lipinski definition) is 4. The molecular formula is C13H19BrN2O3S. The molecule has 20 heavy (non-hydrogen) atoms. The highest BCUT2D eigenvalue weighted by Crippen LogP contribution is 2.16. The molecule has 0 saturated heterocycles. The average Bonchev–Trinajstić information content (AvgIpc) is 2.42. The van der Waals surface area contributed by atoms with Crippen molar-refractivity contribution in [2.24, 2.45) is 5.73 Å². The quantitative estimate of drug-likeness (QED) is 0.795. The largest absolute Gasteiger partial charge is 0.346 e. The lowest BCUT2D eigenvalue weighted by Gasteiger charge is -2.16. The molecule has 1 rings (SSSR count). The van der Waals surface area contributed by atoms with E-state index in [2.05, 4.69) is 15.9 Å². The first kappa shape index (κ1) is 17.1. The smallest absolute Gasteiger partial charge is 0.223 e. The second-order valence-electron chi connectivity index (χ2n) is 4.48. The average molecular weight is 363 g/mol. The van der Waals surface area contributed by atoms with Gasteiger partial charge in [-0.25, -0.2) is 8.42 Å². The van der Waals surface area contributed by atoms with E-state index in [0.29, 0.717) is 19.5 Å². The van der Waals surface area contributed by atoms with Crippen LogP contribution in [-0.2, 0) is 14.6 Å². The molecule has 0 aliphatic rings. The summed E-state index contributed by atoms with van der Waals surface area (Å²) in [4.78, 5) is 13.5. The number of rotatable bonds is 7. The molecular weight excluding hydrogens is 344 g/mol. The number of nitrogens with zero attached hydrogens (tertiary/aromatic N) is 1. The van der Waals surface area contributed by atoms with Crippen LogP contribution in [0, 0.1) is 0 Å². The second kappa shape index (κ2) is 7.75. The highest BCUT2D eigenvalue weighted by molar-refractivity contribution is 9.10. The molecule has 0 saturated carbocycles. The number of nitrogens with two attached hydrogens (primary N) is 1. The second-order valence-corrected chi connectivity index (χ2v) is 7.51. The highest BCUT2D eigenvalue weighted by Gasteiger charge is 2.17. The van der Waals surface area contributed by atoms with Crippen molar-refractivity contribution in [2.75, 3.05) is 25.9 Å². The van der Waals surface area contributed by atoms with Crippen LogP contribution in [-0.4, -0.2) is 45.1 Å². The van der Waals surface area contributed by atoms with Crippen LogP contribution in [0.15, 0.2) is 33.6 Å². The third-order valence-electron chi connectivity index (χ3n) is 2.88. The minimum absolute atomic E-state index is 0.0144. The monoisotopic (exact) mass is 362 g/mol. The number of carbonyl (C=O) groups is 1. The molecule has 0 bridgehead atoms. The molecule has 0 fully saturated rings. The van der Waals surface area contributed by atoms with E-state index in [1.807, 2.05) is 0 Å². The fourth-order valence-electron chi connectivity index (χ4n) is 1.63. The van der Waals surface area contributed by atoms with Gasteiger partial charge in [-0.1, -0.05) is 15.9 Å². The predicted molar refractivity (Wildman–Crippen MR) is 82.1 cm³/mol. The van der Waals surface area contributed by atoms with Gasteiger partial charge in [-0.05, 0) is 37.2 Å². The SMILES string of the molecule is CN(CCCN)C(=O)CCS(=O)(=O)c1ccc(Br)cc1. The van der Waals surface area contributed by atoms with Gasteiger partial charge >= 0.3 is 0 Å². The Labute approximate surface area is 128 Å². The first-order valence-corrected chi connectivity index (χ1v) is 8.73. The lowest BCUT2D eigenvalue weighted by Crippen LogP contribution is -2.30. The lowest BCUT2D eigenvalue weighted by molar-refractivity contribution is -0.129. The summed E-state index contributed by atoms with van der Waals surface area (Å²) in [5.41, 5.74) is 5.37. The van der Waals surface area contributed by atoms with E-state index >= 15 is 0 Å².